The average molecular weight is 369 g/mol. The van der Waals surface area contributed by atoms with Gasteiger partial charge in [-0.05, 0) is 38.0 Å². The third-order valence-corrected chi connectivity index (χ3v) is 4.13. The van der Waals surface area contributed by atoms with Gasteiger partial charge < -0.3 is 15.0 Å². The van der Waals surface area contributed by atoms with E-state index in [0.29, 0.717) is 25.3 Å². The van der Waals surface area contributed by atoms with E-state index < -0.39 is 0 Å². The topological polar surface area (TPSA) is 71.5 Å². The van der Waals surface area contributed by atoms with Crippen LogP contribution in [0.4, 0.5) is 0 Å². The highest BCUT2D eigenvalue weighted by Gasteiger charge is 2.21. The first-order valence-electron chi connectivity index (χ1n) is 9.11. The number of aromatic nitrogens is 1. The van der Waals surface area contributed by atoms with E-state index in [-0.39, 0.29) is 23.6 Å². The van der Waals surface area contributed by atoms with E-state index in [1.54, 1.807) is 24.1 Å². The van der Waals surface area contributed by atoms with Gasteiger partial charge in [-0.1, -0.05) is 30.3 Å². The van der Waals surface area contributed by atoms with Crippen LogP contribution in [0.15, 0.2) is 48.7 Å². The number of hydrogen-bond acceptors (Lipinski definition) is 4. The Kier molecular flexibility index (Phi) is 7.95. The molecule has 0 spiro atoms. The van der Waals surface area contributed by atoms with Crippen molar-refractivity contribution in [2.24, 2.45) is 0 Å². The molecular weight excluding hydrogens is 342 g/mol. The summed E-state index contributed by atoms with van der Waals surface area (Å²) in [7, 11) is 1.62. The van der Waals surface area contributed by atoms with Crippen molar-refractivity contribution < 1.29 is 14.3 Å². The van der Waals surface area contributed by atoms with Crippen molar-refractivity contribution in [1.82, 2.24) is 15.2 Å². The zero-order valence-corrected chi connectivity index (χ0v) is 16.1. The van der Waals surface area contributed by atoms with Crippen LogP contribution in [-0.4, -0.2) is 48.0 Å². The molecule has 0 fully saturated rings. The number of carbonyl (C=O) groups is 2. The number of pyridine rings is 1. The summed E-state index contributed by atoms with van der Waals surface area (Å²) >= 11 is 0. The molecule has 1 heterocycles. The third kappa shape index (κ3) is 6.18. The Labute approximate surface area is 160 Å². The van der Waals surface area contributed by atoms with Crippen molar-refractivity contribution in [3.63, 3.8) is 0 Å². The fourth-order valence-electron chi connectivity index (χ4n) is 2.63. The lowest BCUT2D eigenvalue weighted by Crippen LogP contribution is -2.37. The Morgan fingerprint density at radius 3 is 2.59 bits per heavy atom. The number of rotatable bonds is 9. The fourth-order valence-corrected chi connectivity index (χ4v) is 2.63. The molecule has 6 nitrogen and oxygen atoms in total. The number of benzene rings is 1. The molecule has 27 heavy (non-hydrogen) atoms. The molecule has 6 heteroatoms. The van der Waals surface area contributed by atoms with Gasteiger partial charge in [0.2, 0.25) is 0 Å². The Morgan fingerprint density at radius 2 is 1.93 bits per heavy atom. The van der Waals surface area contributed by atoms with Crippen LogP contribution >= 0.6 is 0 Å². The number of methoxy groups -OCH3 is 1. The molecule has 1 N–H and O–H groups in total. The maximum atomic E-state index is 13.0. The van der Waals surface area contributed by atoms with E-state index in [4.69, 9.17) is 4.74 Å². The SMILES string of the molecule is COCCCNC(=O)c1ccnc(C(=O)N(Cc2ccccc2)C(C)C)c1. The first-order chi connectivity index (χ1) is 13.0. The molecule has 0 radical (unpaired) electrons. The quantitative estimate of drug-likeness (QED) is 0.690. The van der Waals surface area contributed by atoms with Gasteiger partial charge in [-0.2, -0.15) is 0 Å². The molecule has 2 amide bonds. The van der Waals surface area contributed by atoms with Gasteiger partial charge in [0.15, 0.2) is 0 Å². The maximum absolute atomic E-state index is 13.0. The van der Waals surface area contributed by atoms with Crippen molar-refractivity contribution in [3.8, 4) is 0 Å². The summed E-state index contributed by atoms with van der Waals surface area (Å²) < 4.78 is 4.97. The molecule has 1 aromatic carbocycles. The Bertz CT molecular complexity index is 747. The Balaban J connectivity index is 2.10. The minimum absolute atomic E-state index is 0.00559. The van der Waals surface area contributed by atoms with Gasteiger partial charge in [-0.15, -0.1) is 0 Å². The van der Waals surface area contributed by atoms with Crippen LogP contribution in [-0.2, 0) is 11.3 Å². The predicted octanol–water partition coefficient (Wildman–Crippen LogP) is 2.90. The zero-order chi connectivity index (χ0) is 19.6. The molecule has 0 aliphatic carbocycles. The normalized spacial score (nSPS) is 10.7. The summed E-state index contributed by atoms with van der Waals surface area (Å²) in [5, 5.41) is 2.82. The Morgan fingerprint density at radius 1 is 1.19 bits per heavy atom. The van der Waals surface area contributed by atoms with Crippen LogP contribution in [0.25, 0.3) is 0 Å². The molecule has 0 saturated heterocycles. The lowest BCUT2D eigenvalue weighted by molar-refractivity contribution is 0.0684. The van der Waals surface area contributed by atoms with E-state index in [1.807, 2.05) is 44.2 Å². The molecular formula is C21H27N3O3. The van der Waals surface area contributed by atoms with Crippen molar-refractivity contribution in [3.05, 3.63) is 65.5 Å². The van der Waals surface area contributed by atoms with Gasteiger partial charge >= 0.3 is 0 Å². The number of amides is 2. The summed E-state index contributed by atoms with van der Waals surface area (Å²) in [5.41, 5.74) is 1.74. The van der Waals surface area contributed by atoms with Crippen LogP contribution < -0.4 is 5.32 Å². The highest BCUT2D eigenvalue weighted by atomic mass is 16.5. The van der Waals surface area contributed by atoms with Gasteiger partial charge in [0, 0.05) is 44.6 Å². The standard InChI is InChI=1S/C21H27N3O3/c1-16(2)24(15-17-8-5-4-6-9-17)21(26)19-14-18(10-12-22-19)20(25)23-11-7-13-27-3/h4-6,8-10,12,14,16H,7,11,13,15H2,1-3H3,(H,23,25). The molecule has 0 aliphatic heterocycles. The van der Waals surface area contributed by atoms with E-state index in [1.165, 1.54) is 6.20 Å². The number of carbonyl (C=O) groups excluding carboxylic acids is 2. The monoisotopic (exact) mass is 369 g/mol. The summed E-state index contributed by atoms with van der Waals surface area (Å²) in [5.74, 6) is -0.412. The highest BCUT2D eigenvalue weighted by molar-refractivity contribution is 5.98. The van der Waals surface area contributed by atoms with E-state index in [2.05, 4.69) is 10.3 Å². The van der Waals surface area contributed by atoms with Crippen LogP contribution in [0.1, 0.15) is 46.7 Å². The molecule has 1 aromatic heterocycles. The van der Waals surface area contributed by atoms with E-state index in [0.717, 1.165) is 12.0 Å². The summed E-state index contributed by atoms with van der Waals surface area (Å²) in [6, 6.07) is 13.0. The van der Waals surface area contributed by atoms with Crippen LogP contribution in [0.2, 0.25) is 0 Å². The molecule has 2 rings (SSSR count). The van der Waals surface area contributed by atoms with Gasteiger partial charge in [0.1, 0.15) is 5.69 Å². The minimum Gasteiger partial charge on any atom is -0.385 e. The van der Waals surface area contributed by atoms with E-state index in [9.17, 15) is 9.59 Å². The van der Waals surface area contributed by atoms with Gasteiger partial charge in [0.25, 0.3) is 11.8 Å². The second-order valence-corrected chi connectivity index (χ2v) is 6.54. The predicted molar refractivity (Wildman–Crippen MR) is 105 cm³/mol. The van der Waals surface area contributed by atoms with Crippen molar-refractivity contribution >= 4 is 11.8 Å². The molecule has 2 aromatic rings. The first kappa shape index (κ1) is 20.6. The van der Waals surface area contributed by atoms with Crippen LogP contribution in [0.3, 0.4) is 0 Å². The summed E-state index contributed by atoms with van der Waals surface area (Å²) in [6.07, 6.45) is 2.23. The zero-order valence-electron chi connectivity index (χ0n) is 16.1. The minimum atomic E-state index is -0.221. The summed E-state index contributed by atoms with van der Waals surface area (Å²) in [4.78, 5) is 31.2. The maximum Gasteiger partial charge on any atom is 0.272 e. The highest BCUT2D eigenvalue weighted by Crippen LogP contribution is 2.13. The van der Waals surface area contributed by atoms with Crippen molar-refractivity contribution in [2.45, 2.75) is 32.9 Å². The number of nitrogens with one attached hydrogen (secondary N) is 1. The molecule has 144 valence electrons. The molecule has 0 saturated carbocycles. The van der Waals surface area contributed by atoms with Crippen molar-refractivity contribution in [1.29, 1.82) is 0 Å². The van der Waals surface area contributed by atoms with Gasteiger partial charge in [0.05, 0.1) is 0 Å². The lowest BCUT2D eigenvalue weighted by Gasteiger charge is -2.26. The first-order valence-corrected chi connectivity index (χ1v) is 9.11. The smallest absolute Gasteiger partial charge is 0.272 e. The number of nitrogens with zero attached hydrogens (tertiary/aromatic N) is 2. The van der Waals surface area contributed by atoms with E-state index >= 15 is 0 Å². The number of hydrogen-bond donors (Lipinski definition) is 1. The number of ether oxygens (including phenoxy) is 1. The second-order valence-electron chi connectivity index (χ2n) is 6.54. The lowest BCUT2D eigenvalue weighted by atomic mass is 10.1. The van der Waals surface area contributed by atoms with Gasteiger partial charge in [-0.3, -0.25) is 14.6 Å². The van der Waals surface area contributed by atoms with Crippen molar-refractivity contribution in [2.75, 3.05) is 20.3 Å². The molecule has 0 bridgehead atoms. The van der Waals surface area contributed by atoms with Gasteiger partial charge in [-0.25, -0.2) is 0 Å². The fraction of sp³-hybridized carbons (Fsp3) is 0.381. The molecule has 0 aliphatic rings. The average Bonchev–Trinajstić information content (AvgIpc) is 2.69. The second kappa shape index (κ2) is 10.4. The third-order valence-electron chi connectivity index (χ3n) is 4.13. The Hall–Kier alpha value is -2.73. The molecule has 0 atom stereocenters. The van der Waals surface area contributed by atoms with Crippen LogP contribution in [0, 0.1) is 0 Å². The largest absolute Gasteiger partial charge is 0.385 e. The summed E-state index contributed by atoms with van der Waals surface area (Å²) in [6.45, 7) is 5.53. The van der Waals surface area contributed by atoms with Crippen LogP contribution in [0.5, 0.6) is 0 Å². The molecule has 0 unspecified atom stereocenters.